The molecule has 1 aliphatic heterocycles. The minimum Gasteiger partial charge on any atom is -0.472 e. The topological polar surface area (TPSA) is 42.7 Å². The van der Waals surface area contributed by atoms with Crippen LogP contribution in [0.15, 0.2) is 39.5 Å². The normalized spacial score (nSPS) is 15.3. The van der Waals surface area contributed by atoms with Crippen LogP contribution in [0.4, 0.5) is 5.69 Å². The van der Waals surface area contributed by atoms with Crippen LogP contribution in [0.2, 0.25) is 0 Å². The summed E-state index contributed by atoms with van der Waals surface area (Å²) in [5.74, 6) is 0.870. The van der Waals surface area contributed by atoms with E-state index >= 15 is 0 Å². The van der Waals surface area contributed by atoms with Gasteiger partial charge in [-0.3, -0.25) is 0 Å². The number of fused-ring (bicyclic) bond motifs is 4. The van der Waals surface area contributed by atoms with Gasteiger partial charge in [0.15, 0.2) is 6.73 Å². The van der Waals surface area contributed by atoms with Crippen molar-refractivity contribution in [2.75, 3.05) is 11.6 Å². The van der Waals surface area contributed by atoms with Crippen LogP contribution in [0, 0.1) is 6.92 Å². The van der Waals surface area contributed by atoms with E-state index in [4.69, 9.17) is 9.15 Å². The third kappa shape index (κ3) is 3.11. The maximum absolute atomic E-state index is 12.4. The lowest BCUT2D eigenvalue weighted by Crippen LogP contribution is -2.32. The molecule has 5 rings (SSSR count). The van der Waals surface area contributed by atoms with Crippen molar-refractivity contribution in [1.29, 1.82) is 0 Å². The molecule has 150 valence electrons. The Bertz CT molecular complexity index is 1130. The summed E-state index contributed by atoms with van der Waals surface area (Å²) in [5.41, 5.74) is 7.25. The minimum absolute atomic E-state index is 0.173. The fourth-order valence-electron chi connectivity index (χ4n) is 4.76. The molecule has 2 aliphatic rings. The standard InChI is InChI=1S/C25H27NO3/c1-3-4-6-17-9-11-19(12-10-17)26-14-18-13-22-20-7-5-8-21(20)25(27)29-24(22)16(2)23(18)28-15-26/h9-13H,3-8,14-15H2,1-2H3. The van der Waals surface area contributed by atoms with Crippen molar-refractivity contribution in [3.05, 3.63) is 68.6 Å². The monoisotopic (exact) mass is 389 g/mol. The van der Waals surface area contributed by atoms with Crippen molar-refractivity contribution in [1.82, 2.24) is 0 Å². The van der Waals surface area contributed by atoms with Crippen LogP contribution in [0.1, 0.15) is 54.0 Å². The van der Waals surface area contributed by atoms with Crippen LogP contribution >= 0.6 is 0 Å². The quantitative estimate of drug-likeness (QED) is 0.569. The fraction of sp³-hybridized carbons (Fsp3) is 0.400. The molecule has 0 atom stereocenters. The molecule has 0 spiro atoms. The van der Waals surface area contributed by atoms with Gasteiger partial charge in [0, 0.05) is 34.3 Å². The van der Waals surface area contributed by atoms with E-state index in [1.165, 1.54) is 35.2 Å². The highest BCUT2D eigenvalue weighted by Crippen LogP contribution is 2.38. The van der Waals surface area contributed by atoms with E-state index in [9.17, 15) is 4.79 Å². The van der Waals surface area contributed by atoms with Gasteiger partial charge in [0.1, 0.15) is 11.3 Å². The van der Waals surface area contributed by atoms with E-state index in [-0.39, 0.29) is 5.63 Å². The molecule has 0 unspecified atom stereocenters. The minimum atomic E-state index is -0.173. The number of anilines is 1. The lowest BCUT2D eigenvalue weighted by Gasteiger charge is -2.32. The van der Waals surface area contributed by atoms with Crippen LogP contribution in [0.3, 0.4) is 0 Å². The van der Waals surface area contributed by atoms with Gasteiger partial charge in [-0.05, 0) is 68.4 Å². The largest absolute Gasteiger partial charge is 0.472 e. The first kappa shape index (κ1) is 18.3. The second kappa shape index (κ2) is 7.25. The predicted molar refractivity (Wildman–Crippen MR) is 116 cm³/mol. The Morgan fingerprint density at radius 2 is 1.90 bits per heavy atom. The van der Waals surface area contributed by atoms with Gasteiger partial charge in [-0.25, -0.2) is 4.79 Å². The smallest absolute Gasteiger partial charge is 0.339 e. The Morgan fingerprint density at radius 1 is 1.10 bits per heavy atom. The van der Waals surface area contributed by atoms with Crippen LogP contribution in [-0.4, -0.2) is 6.73 Å². The second-order valence-electron chi connectivity index (χ2n) is 8.31. The summed E-state index contributed by atoms with van der Waals surface area (Å²) in [6.45, 7) is 5.53. The van der Waals surface area contributed by atoms with Crippen LogP contribution in [0.5, 0.6) is 5.75 Å². The summed E-state index contributed by atoms with van der Waals surface area (Å²) in [6.07, 6.45) is 6.40. The average molecular weight is 389 g/mol. The molecule has 3 aromatic rings. The number of nitrogens with zero attached hydrogens (tertiary/aromatic N) is 1. The maximum Gasteiger partial charge on any atom is 0.339 e. The molecule has 1 aromatic heterocycles. The molecule has 0 radical (unpaired) electrons. The third-order valence-electron chi connectivity index (χ3n) is 6.37. The number of unbranched alkanes of at least 4 members (excludes halogenated alkanes) is 1. The molecule has 0 saturated heterocycles. The number of ether oxygens (including phenoxy) is 1. The van der Waals surface area contributed by atoms with Gasteiger partial charge in [-0.1, -0.05) is 25.5 Å². The van der Waals surface area contributed by atoms with Gasteiger partial charge in [-0.15, -0.1) is 0 Å². The van der Waals surface area contributed by atoms with Crippen LogP contribution in [0.25, 0.3) is 11.0 Å². The predicted octanol–water partition coefficient (Wildman–Crippen LogP) is 5.29. The average Bonchev–Trinajstić information content (AvgIpc) is 3.24. The summed E-state index contributed by atoms with van der Waals surface area (Å²) in [5, 5.41) is 1.09. The molecule has 0 saturated carbocycles. The summed E-state index contributed by atoms with van der Waals surface area (Å²) in [4.78, 5) is 14.6. The molecule has 0 fully saturated rings. The zero-order valence-corrected chi connectivity index (χ0v) is 17.2. The molecule has 0 N–H and O–H groups in total. The number of benzene rings is 2. The van der Waals surface area contributed by atoms with Gasteiger partial charge in [0.05, 0.1) is 0 Å². The van der Waals surface area contributed by atoms with E-state index in [2.05, 4.69) is 42.2 Å². The molecule has 29 heavy (non-hydrogen) atoms. The summed E-state index contributed by atoms with van der Waals surface area (Å²) in [7, 11) is 0. The first-order valence-corrected chi connectivity index (χ1v) is 10.7. The van der Waals surface area contributed by atoms with Gasteiger partial charge >= 0.3 is 5.63 Å². The molecule has 4 heteroatoms. The Morgan fingerprint density at radius 3 is 2.69 bits per heavy atom. The van der Waals surface area contributed by atoms with Crippen molar-refractivity contribution in [2.24, 2.45) is 0 Å². The van der Waals surface area contributed by atoms with E-state index in [0.29, 0.717) is 12.3 Å². The highest BCUT2D eigenvalue weighted by molar-refractivity contribution is 5.87. The molecule has 0 amide bonds. The molecular weight excluding hydrogens is 362 g/mol. The Hall–Kier alpha value is -2.75. The summed E-state index contributed by atoms with van der Waals surface area (Å²) in [6, 6.07) is 11.0. The maximum atomic E-state index is 12.4. The summed E-state index contributed by atoms with van der Waals surface area (Å²) >= 11 is 0. The van der Waals surface area contributed by atoms with Gasteiger partial charge < -0.3 is 14.1 Å². The molecule has 2 aromatic carbocycles. The van der Waals surface area contributed by atoms with E-state index < -0.39 is 0 Å². The zero-order chi connectivity index (χ0) is 20.0. The van der Waals surface area contributed by atoms with Crippen molar-refractivity contribution >= 4 is 16.7 Å². The first-order valence-electron chi connectivity index (χ1n) is 10.7. The molecular formula is C25H27NO3. The highest BCUT2D eigenvalue weighted by Gasteiger charge is 2.26. The highest BCUT2D eigenvalue weighted by atomic mass is 16.5. The van der Waals surface area contributed by atoms with E-state index in [1.54, 1.807) is 0 Å². The van der Waals surface area contributed by atoms with E-state index in [1.807, 2.05) is 6.92 Å². The van der Waals surface area contributed by atoms with E-state index in [0.717, 1.165) is 54.5 Å². The Kier molecular flexibility index (Phi) is 4.57. The van der Waals surface area contributed by atoms with Crippen molar-refractivity contribution in [3.8, 4) is 5.75 Å². The van der Waals surface area contributed by atoms with Crippen molar-refractivity contribution < 1.29 is 9.15 Å². The number of rotatable bonds is 4. The van der Waals surface area contributed by atoms with Crippen molar-refractivity contribution in [2.45, 2.75) is 58.9 Å². The lowest BCUT2D eigenvalue weighted by atomic mass is 9.99. The van der Waals surface area contributed by atoms with Gasteiger partial charge in [0.2, 0.25) is 0 Å². The van der Waals surface area contributed by atoms with Gasteiger partial charge in [-0.2, -0.15) is 0 Å². The SMILES string of the molecule is CCCCc1ccc(N2COc3c(cc4c5c(c(=O)oc4c3C)CCC5)C2)cc1. The first-order chi connectivity index (χ1) is 14.2. The molecule has 1 aliphatic carbocycles. The Labute approximate surface area is 171 Å². The number of hydrogen-bond acceptors (Lipinski definition) is 4. The Balaban J connectivity index is 1.50. The van der Waals surface area contributed by atoms with Gasteiger partial charge in [0.25, 0.3) is 0 Å². The van der Waals surface area contributed by atoms with Crippen molar-refractivity contribution in [3.63, 3.8) is 0 Å². The summed E-state index contributed by atoms with van der Waals surface area (Å²) < 4.78 is 11.9. The molecule has 4 nitrogen and oxygen atoms in total. The fourth-order valence-corrected chi connectivity index (χ4v) is 4.76. The number of aryl methyl sites for hydroxylation is 3. The number of hydrogen-bond donors (Lipinski definition) is 0. The van der Waals surface area contributed by atoms with Crippen LogP contribution in [-0.2, 0) is 25.8 Å². The second-order valence-corrected chi connectivity index (χ2v) is 8.31. The molecule has 0 bridgehead atoms. The van der Waals surface area contributed by atoms with Crippen LogP contribution < -0.4 is 15.3 Å². The lowest BCUT2D eigenvalue weighted by molar-refractivity contribution is 0.287. The third-order valence-corrected chi connectivity index (χ3v) is 6.37. The molecule has 2 heterocycles. The zero-order valence-electron chi connectivity index (χ0n) is 17.2.